The van der Waals surface area contributed by atoms with Crippen molar-refractivity contribution in [2.24, 2.45) is 0 Å². The first-order valence-corrected chi connectivity index (χ1v) is 15.4. The number of halogens is 3. The van der Waals surface area contributed by atoms with Gasteiger partial charge in [-0.2, -0.15) is 0 Å². The van der Waals surface area contributed by atoms with Crippen molar-refractivity contribution in [1.82, 2.24) is 10.2 Å². The predicted octanol–water partition coefficient (Wildman–Crippen LogP) is 5.45. The zero-order valence-corrected chi connectivity index (χ0v) is 24.6. The second-order valence-corrected chi connectivity index (χ2v) is 12.1. The smallest absolute Gasteiger partial charge is 0.244 e. The van der Waals surface area contributed by atoms with Crippen LogP contribution < -0.4 is 9.62 Å². The molecule has 0 radical (unpaired) electrons. The van der Waals surface area contributed by atoms with Crippen LogP contribution in [0, 0.1) is 5.82 Å². The predicted molar refractivity (Wildman–Crippen MR) is 157 cm³/mol. The summed E-state index contributed by atoms with van der Waals surface area (Å²) in [6.45, 7) is 1.68. The zero-order chi connectivity index (χ0) is 29.3. The van der Waals surface area contributed by atoms with Crippen LogP contribution in [0.25, 0.3) is 0 Å². The minimum Gasteiger partial charge on any atom is -0.354 e. The Kier molecular flexibility index (Phi) is 11.4. The number of benzene rings is 3. The topological polar surface area (TPSA) is 86.8 Å². The van der Waals surface area contributed by atoms with Crippen molar-refractivity contribution in [3.8, 4) is 0 Å². The van der Waals surface area contributed by atoms with E-state index in [-0.39, 0.29) is 24.6 Å². The lowest BCUT2D eigenvalue weighted by Gasteiger charge is -2.33. The van der Waals surface area contributed by atoms with Crippen molar-refractivity contribution >= 4 is 50.7 Å². The highest BCUT2D eigenvalue weighted by atomic mass is 35.5. The highest BCUT2D eigenvalue weighted by molar-refractivity contribution is 7.92. The van der Waals surface area contributed by atoms with Gasteiger partial charge in [-0.1, -0.05) is 79.0 Å². The van der Waals surface area contributed by atoms with Crippen LogP contribution in [0.3, 0.4) is 0 Å². The molecule has 0 bridgehead atoms. The molecule has 1 atom stereocenters. The summed E-state index contributed by atoms with van der Waals surface area (Å²) in [4.78, 5) is 28.9. The van der Waals surface area contributed by atoms with Gasteiger partial charge in [0.15, 0.2) is 0 Å². The van der Waals surface area contributed by atoms with Crippen molar-refractivity contribution in [2.75, 3.05) is 23.7 Å². The molecule has 0 aliphatic rings. The molecule has 0 aromatic heterocycles. The van der Waals surface area contributed by atoms with E-state index in [2.05, 4.69) is 5.32 Å². The van der Waals surface area contributed by atoms with Crippen molar-refractivity contribution in [3.05, 3.63) is 99.8 Å². The molecular formula is C29H32Cl2FN3O4S. The van der Waals surface area contributed by atoms with Crippen molar-refractivity contribution in [1.29, 1.82) is 0 Å². The van der Waals surface area contributed by atoms with E-state index >= 15 is 0 Å². The van der Waals surface area contributed by atoms with Crippen molar-refractivity contribution in [2.45, 2.75) is 38.8 Å². The largest absolute Gasteiger partial charge is 0.354 e. The standard InChI is InChI=1S/C29H32Cl2FN3O4S/c1-3-4-15-33-29(37)27(16-21-9-6-5-7-10-21)34(19-22-13-14-23(30)17-26(22)31)28(36)20-35(40(2,38)39)25-12-8-11-24(32)18-25/h5-14,17-18,27H,3-4,15-16,19-20H2,1-2H3,(H,33,37)/t27-/m0/s1. The molecule has 0 aliphatic heterocycles. The Hall–Kier alpha value is -3.14. The van der Waals surface area contributed by atoms with Crippen LogP contribution in [-0.2, 0) is 32.6 Å². The van der Waals surface area contributed by atoms with Gasteiger partial charge in [0, 0.05) is 29.6 Å². The van der Waals surface area contributed by atoms with Crippen LogP contribution in [-0.4, -0.2) is 50.5 Å². The number of unbranched alkanes of at least 4 members (excludes halogenated alkanes) is 1. The van der Waals surface area contributed by atoms with E-state index in [4.69, 9.17) is 23.2 Å². The number of nitrogens with zero attached hydrogens (tertiary/aromatic N) is 2. The molecule has 3 aromatic carbocycles. The lowest BCUT2D eigenvalue weighted by Crippen LogP contribution is -2.53. The minimum atomic E-state index is -4.00. The van der Waals surface area contributed by atoms with Gasteiger partial charge in [-0.05, 0) is 47.9 Å². The van der Waals surface area contributed by atoms with Gasteiger partial charge in [0.25, 0.3) is 0 Å². The number of nitrogens with one attached hydrogen (secondary N) is 1. The third-order valence-corrected chi connectivity index (χ3v) is 7.96. The normalized spacial score (nSPS) is 12.0. The fourth-order valence-electron chi connectivity index (χ4n) is 4.14. The SMILES string of the molecule is CCCCNC(=O)[C@H](Cc1ccccc1)N(Cc1ccc(Cl)cc1Cl)C(=O)CN(c1cccc(F)c1)S(C)(=O)=O. The number of carbonyl (C=O) groups excluding carboxylic acids is 2. The van der Waals surface area contributed by atoms with E-state index in [0.29, 0.717) is 22.2 Å². The highest BCUT2D eigenvalue weighted by Crippen LogP contribution is 2.25. The molecular weight excluding hydrogens is 576 g/mol. The Bertz CT molecular complexity index is 1420. The fourth-order valence-corrected chi connectivity index (χ4v) is 5.45. The van der Waals surface area contributed by atoms with Gasteiger partial charge in [0.05, 0.1) is 11.9 Å². The molecule has 2 amide bonds. The molecule has 0 spiro atoms. The molecule has 0 fully saturated rings. The first-order chi connectivity index (χ1) is 19.0. The van der Waals surface area contributed by atoms with Gasteiger partial charge in [-0.3, -0.25) is 13.9 Å². The molecule has 0 unspecified atom stereocenters. The van der Waals surface area contributed by atoms with Gasteiger partial charge in [0.1, 0.15) is 18.4 Å². The third-order valence-electron chi connectivity index (χ3n) is 6.23. The third kappa shape index (κ3) is 8.94. The van der Waals surface area contributed by atoms with Gasteiger partial charge >= 0.3 is 0 Å². The number of amides is 2. The number of hydrogen-bond acceptors (Lipinski definition) is 4. The van der Waals surface area contributed by atoms with E-state index in [9.17, 15) is 22.4 Å². The summed E-state index contributed by atoms with van der Waals surface area (Å²) < 4.78 is 40.3. The van der Waals surface area contributed by atoms with Gasteiger partial charge in [-0.15, -0.1) is 0 Å². The average Bonchev–Trinajstić information content (AvgIpc) is 2.90. The number of sulfonamides is 1. The second-order valence-electron chi connectivity index (χ2n) is 9.36. The number of rotatable bonds is 13. The molecule has 11 heteroatoms. The Morgan fingerprint density at radius 3 is 2.35 bits per heavy atom. The first kappa shape index (κ1) is 31.4. The quantitative estimate of drug-likeness (QED) is 0.262. The Morgan fingerprint density at radius 2 is 1.73 bits per heavy atom. The molecule has 3 rings (SSSR count). The fraction of sp³-hybridized carbons (Fsp3) is 0.310. The molecule has 7 nitrogen and oxygen atoms in total. The molecule has 0 saturated heterocycles. The Morgan fingerprint density at radius 1 is 1.00 bits per heavy atom. The van der Waals surface area contributed by atoms with E-state index in [1.54, 1.807) is 12.1 Å². The summed E-state index contributed by atoms with van der Waals surface area (Å²) >= 11 is 12.5. The summed E-state index contributed by atoms with van der Waals surface area (Å²) in [5.41, 5.74) is 1.33. The second kappa shape index (κ2) is 14.5. The maximum atomic E-state index is 14.0. The van der Waals surface area contributed by atoms with Crippen LogP contribution in [0.1, 0.15) is 30.9 Å². The number of hydrogen-bond donors (Lipinski definition) is 1. The number of anilines is 1. The molecule has 0 aliphatic carbocycles. The summed E-state index contributed by atoms with van der Waals surface area (Å²) in [6, 6.07) is 18.0. The molecule has 0 heterocycles. The Balaban J connectivity index is 2.06. The van der Waals surface area contributed by atoms with Crippen molar-refractivity contribution < 1.29 is 22.4 Å². The minimum absolute atomic E-state index is 0.00710. The highest BCUT2D eigenvalue weighted by Gasteiger charge is 2.33. The first-order valence-electron chi connectivity index (χ1n) is 12.8. The summed E-state index contributed by atoms with van der Waals surface area (Å²) in [6.07, 6.45) is 2.73. The van der Waals surface area contributed by atoms with Crippen molar-refractivity contribution in [3.63, 3.8) is 0 Å². The van der Waals surface area contributed by atoms with Gasteiger partial charge in [0.2, 0.25) is 21.8 Å². The van der Waals surface area contributed by atoms with E-state index in [1.165, 1.54) is 29.2 Å². The molecule has 0 saturated carbocycles. The average molecular weight is 609 g/mol. The molecule has 1 N–H and O–H groups in total. The Labute approximate surface area is 244 Å². The summed E-state index contributed by atoms with van der Waals surface area (Å²) in [5, 5.41) is 3.60. The van der Waals surface area contributed by atoms with Crippen LogP contribution in [0.5, 0.6) is 0 Å². The van der Waals surface area contributed by atoms with Crippen LogP contribution in [0.4, 0.5) is 10.1 Å². The lowest BCUT2D eigenvalue weighted by molar-refractivity contribution is -0.140. The van der Waals surface area contributed by atoms with Crippen LogP contribution >= 0.6 is 23.2 Å². The summed E-state index contributed by atoms with van der Waals surface area (Å²) in [7, 11) is -4.00. The van der Waals surface area contributed by atoms with E-state index in [0.717, 1.165) is 35.0 Å². The van der Waals surface area contributed by atoms with E-state index < -0.39 is 34.3 Å². The zero-order valence-electron chi connectivity index (χ0n) is 22.3. The molecule has 40 heavy (non-hydrogen) atoms. The van der Waals surface area contributed by atoms with Crippen LogP contribution in [0.15, 0.2) is 72.8 Å². The number of carbonyl (C=O) groups is 2. The van der Waals surface area contributed by atoms with Gasteiger partial charge in [-0.25, -0.2) is 12.8 Å². The maximum absolute atomic E-state index is 14.0. The molecule has 214 valence electrons. The maximum Gasteiger partial charge on any atom is 0.244 e. The van der Waals surface area contributed by atoms with Crippen LogP contribution in [0.2, 0.25) is 10.0 Å². The van der Waals surface area contributed by atoms with E-state index in [1.807, 2.05) is 37.3 Å². The monoisotopic (exact) mass is 607 g/mol. The summed E-state index contributed by atoms with van der Waals surface area (Å²) in [5.74, 6) is -1.69. The van der Waals surface area contributed by atoms with Gasteiger partial charge < -0.3 is 10.2 Å². The lowest BCUT2D eigenvalue weighted by atomic mass is 10.0. The molecule has 3 aromatic rings.